The Kier molecular flexibility index (Phi) is 8.26. The van der Waals surface area contributed by atoms with E-state index in [0.29, 0.717) is 29.4 Å². The summed E-state index contributed by atoms with van der Waals surface area (Å²) in [7, 11) is 0. The maximum atomic E-state index is 13.3. The zero-order valence-electron chi connectivity index (χ0n) is 17.6. The van der Waals surface area contributed by atoms with Gasteiger partial charge in [0, 0.05) is 11.1 Å². The third-order valence-corrected chi connectivity index (χ3v) is 4.68. The van der Waals surface area contributed by atoms with Crippen LogP contribution in [0.3, 0.4) is 0 Å². The van der Waals surface area contributed by atoms with Gasteiger partial charge >= 0.3 is 0 Å². The highest BCUT2D eigenvalue weighted by atomic mass is 35.5. The number of hydrogen-bond donors (Lipinski definition) is 2. The normalized spacial score (nSPS) is 11.5. The molecule has 172 valence electrons. The number of hydrogen-bond acceptors (Lipinski definition) is 5. The molecule has 0 spiro atoms. The molecule has 0 bridgehead atoms. The average molecular weight is 475 g/mol. The molecule has 1 heterocycles. The van der Waals surface area contributed by atoms with E-state index in [-0.39, 0.29) is 17.9 Å². The van der Waals surface area contributed by atoms with Crippen LogP contribution in [0.1, 0.15) is 25.3 Å². The van der Waals surface area contributed by atoms with Gasteiger partial charge in [0.15, 0.2) is 5.75 Å². The summed E-state index contributed by atoms with van der Waals surface area (Å²) < 4.78 is 32.3. The summed E-state index contributed by atoms with van der Waals surface area (Å²) in [6.45, 7) is 1.85. The molecule has 1 unspecified atom stereocenters. The maximum Gasteiger partial charge on any atom is 0.249 e. The fraction of sp³-hybridized carbons (Fsp3) is 0.217. The maximum absolute atomic E-state index is 13.3. The third kappa shape index (κ3) is 7.50. The van der Waals surface area contributed by atoms with E-state index in [4.69, 9.17) is 16.3 Å². The van der Waals surface area contributed by atoms with Crippen molar-refractivity contribution >= 4 is 29.4 Å². The number of amides is 2. The first-order valence-corrected chi connectivity index (χ1v) is 10.5. The number of halogens is 3. The van der Waals surface area contributed by atoms with Crippen molar-refractivity contribution in [3.05, 3.63) is 77.1 Å². The number of nitrogens with zero attached hydrogens (tertiary/aromatic N) is 2. The van der Waals surface area contributed by atoms with Gasteiger partial charge in [-0.2, -0.15) is 0 Å². The van der Waals surface area contributed by atoms with Crippen LogP contribution in [-0.2, 0) is 16.0 Å². The summed E-state index contributed by atoms with van der Waals surface area (Å²) in [6.07, 6.45) is 3.48. The van der Waals surface area contributed by atoms with Crippen LogP contribution in [0.15, 0.2) is 54.9 Å². The molecule has 0 radical (unpaired) electrons. The van der Waals surface area contributed by atoms with Crippen LogP contribution in [0.2, 0.25) is 5.02 Å². The zero-order chi connectivity index (χ0) is 23.8. The highest BCUT2D eigenvalue weighted by molar-refractivity contribution is 6.30. The lowest BCUT2D eigenvalue weighted by Gasteiger charge is -2.17. The second-order valence-corrected chi connectivity index (χ2v) is 7.59. The molecule has 0 fully saturated rings. The molecule has 3 aromatic rings. The monoisotopic (exact) mass is 474 g/mol. The minimum Gasteiger partial charge on any atom is -0.454 e. The summed E-state index contributed by atoms with van der Waals surface area (Å²) in [5.74, 6) is -1.67. The van der Waals surface area contributed by atoms with Crippen LogP contribution in [0.5, 0.6) is 11.5 Å². The van der Waals surface area contributed by atoms with Crippen molar-refractivity contribution in [3.63, 3.8) is 0 Å². The molecule has 0 aliphatic rings. The summed E-state index contributed by atoms with van der Waals surface area (Å²) in [5.41, 5.74) is 0.167. The first-order chi connectivity index (χ1) is 15.8. The van der Waals surface area contributed by atoms with E-state index in [1.807, 2.05) is 6.92 Å². The summed E-state index contributed by atoms with van der Waals surface area (Å²) in [6, 6.07) is 8.73. The van der Waals surface area contributed by atoms with Crippen molar-refractivity contribution in [2.24, 2.45) is 0 Å². The molecular formula is C23H21ClF2N4O3. The number of anilines is 1. The lowest BCUT2D eigenvalue weighted by Crippen LogP contribution is -2.44. The van der Waals surface area contributed by atoms with Gasteiger partial charge in [0.2, 0.25) is 17.8 Å². The van der Waals surface area contributed by atoms with Crippen LogP contribution >= 0.6 is 11.6 Å². The molecule has 10 heteroatoms. The first kappa shape index (κ1) is 24.1. The molecule has 2 N–H and O–H groups in total. The highest BCUT2D eigenvalue weighted by Crippen LogP contribution is 2.22. The molecular weight excluding hydrogens is 454 g/mol. The van der Waals surface area contributed by atoms with Crippen molar-refractivity contribution < 1.29 is 23.1 Å². The van der Waals surface area contributed by atoms with E-state index in [9.17, 15) is 18.4 Å². The predicted octanol–water partition coefficient (Wildman–Crippen LogP) is 4.67. The van der Waals surface area contributed by atoms with Crippen molar-refractivity contribution in [1.29, 1.82) is 0 Å². The van der Waals surface area contributed by atoms with E-state index >= 15 is 0 Å². The van der Waals surface area contributed by atoms with Gasteiger partial charge in [-0.1, -0.05) is 24.9 Å². The number of carbonyl (C=O) groups excluding carboxylic acids is 2. The molecule has 33 heavy (non-hydrogen) atoms. The van der Waals surface area contributed by atoms with Gasteiger partial charge in [-0.25, -0.2) is 18.7 Å². The van der Waals surface area contributed by atoms with Gasteiger partial charge in [0.05, 0.1) is 18.8 Å². The Bertz CT molecular complexity index is 1090. The number of carbonyl (C=O) groups is 2. The topological polar surface area (TPSA) is 93.2 Å². The Labute approximate surface area is 194 Å². The van der Waals surface area contributed by atoms with Crippen LogP contribution in [0, 0.1) is 11.6 Å². The van der Waals surface area contributed by atoms with Gasteiger partial charge in [0.25, 0.3) is 0 Å². The largest absolute Gasteiger partial charge is 0.454 e. The lowest BCUT2D eigenvalue weighted by molar-refractivity contribution is -0.126. The fourth-order valence-electron chi connectivity index (χ4n) is 2.97. The minimum atomic E-state index is -0.866. The fourth-order valence-corrected chi connectivity index (χ4v) is 3.10. The molecule has 0 aliphatic carbocycles. The molecule has 0 aliphatic heterocycles. The van der Waals surface area contributed by atoms with Gasteiger partial charge in [-0.3, -0.25) is 14.9 Å². The van der Waals surface area contributed by atoms with E-state index in [1.165, 1.54) is 12.4 Å². The standard InChI is InChI=1S/C23H21ClF2N4O3/c1-2-3-20(29-21(31)10-14-8-16(25)11-17(26)9-14)22(32)30-23-27-12-19(13-28-23)33-18-6-4-15(24)5-7-18/h4-9,11-13,20H,2-3,10H2,1H3,(H,29,31)(H,27,28,30,32). The van der Waals surface area contributed by atoms with Crippen molar-refractivity contribution in [1.82, 2.24) is 15.3 Å². The number of benzene rings is 2. The molecule has 2 amide bonds. The molecule has 7 nitrogen and oxygen atoms in total. The van der Waals surface area contributed by atoms with E-state index in [0.717, 1.165) is 18.2 Å². The number of aromatic nitrogens is 2. The van der Waals surface area contributed by atoms with Gasteiger partial charge in [0.1, 0.15) is 23.4 Å². The third-order valence-electron chi connectivity index (χ3n) is 4.43. The molecule has 2 aromatic carbocycles. The number of rotatable bonds is 9. The highest BCUT2D eigenvalue weighted by Gasteiger charge is 2.21. The minimum absolute atomic E-state index is 0.0333. The van der Waals surface area contributed by atoms with Gasteiger partial charge in [-0.05, 0) is 48.4 Å². The Morgan fingerprint density at radius 1 is 1.03 bits per heavy atom. The quantitative estimate of drug-likeness (QED) is 0.470. The number of nitrogens with one attached hydrogen (secondary N) is 2. The van der Waals surface area contributed by atoms with E-state index < -0.39 is 29.5 Å². The average Bonchev–Trinajstić information content (AvgIpc) is 2.75. The van der Waals surface area contributed by atoms with Crippen LogP contribution in [-0.4, -0.2) is 27.8 Å². The smallest absolute Gasteiger partial charge is 0.249 e. The second kappa shape index (κ2) is 11.3. The Hall–Kier alpha value is -3.59. The van der Waals surface area contributed by atoms with Crippen molar-refractivity contribution in [2.75, 3.05) is 5.32 Å². The first-order valence-electron chi connectivity index (χ1n) is 10.1. The molecule has 0 saturated carbocycles. The van der Waals surface area contributed by atoms with Crippen molar-refractivity contribution in [3.8, 4) is 11.5 Å². The van der Waals surface area contributed by atoms with E-state index in [2.05, 4.69) is 20.6 Å². The van der Waals surface area contributed by atoms with Crippen molar-refractivity contribution in [2.45, 2.75) is 32.2 Å². The second-order valence-electron chi connectivity index (χ2n) is 7.15. The van der Waals surface area contributed by atoms with Gasteiger partial charge < -0.3 is 10.1 Å². The molecule has 1 atom stereocenters. The summed E-state index contributed by atoms with van der Waals surface area (Å²) in [4.78, 5) is 33.1. The summed E-state index contributed by atoms with van der Waals surface area (Å²) in [5, 5.41) is 5.71. The summed E-state index contributed by atoms with van der Waals surface area (Å²) >= 11 is 5.84. The van der Waals surface area contributed by atoms with Crippen LogP contribution in [0.4, 0.5) is 14.7 Å². The Morgan fingerprint density at radius 2 is 1.67 bits per heavy atom. The lowest BCUT2D eigenvalue weighted by atomic mass is 10.1. The number of ether oxygens (including phenoxy) is 1. The zero-order valence-corrected chi connectivity index (χ0v) is 18.4. The Balaban J connectivity index is 1.58. The molecule has 3 rings (SSSR count). The van der Waals surface area contributed by atoms with Crippen LogP contribution < -0.4 is 15.4 Å². The van der Waals surface area contributed by atoms with E-state index in [1.54, 1.807) is 24.3 Å². The predicted molar refractivity (Wildman–Crippen MR) is 119 cm³/mol. The van der Waals surface area contributed by atoms with Crippen LogP contribution in [0.25, 0.3) is 0 Å². The molecule has 1 aromatic heterocycles. The SMILES string of the molecule is CCCC(NC(=O)Cc1cc(F)cc(F)c1)C(=O)Nc1ncc(Oc2ccc(Cl)cc2)cn1. The van der Waals surface area contributed by atoms with Gasteiger partial charge in [-0.15, -0.1) is 0 Å². The molecule has 0 saturated heterocycles. The Morgan fingerprint density at radius 3 is 2.27 bits per heavy atom.